The van der Waals surface area contributed by atoms with E-state index in [1.165, 1.54) is 0 Å². The number of carbonyl (C=O) groups excluding carboxylic acids is 2. The maximum atomic E-state index is 12.7. The molecule has 0 bridgehead atoms. The molecule has 1 atom stereocenters. The van der Waals surface area contributed by atoms with Gasteiger partial charge >= 0.3 is 0 Å². The summed E-state index contributed by atoms with van der Waals surface area (Å²) in [6, 6.07) is 4.56. The van der Waals surface area contributed by atoms with Gasteiger partial charge < -0.3 is 10.2 Å². The highest BCUT2D eigenvalue weighted by atomic mass is 35.5. The Morgan fingerprint density at radius 1 is 1.29 bits per heavy atom. The molecule has 7 nitrogen and oxygen atoms in total. The third kappa shape index (κ3) is 5.25. The minimum absolute atomic E-state index is 0.0330. The van der Waals surface area contributed by atoms with Crippen LogP contribution in [0.25, 0.3) is 0 Å². The second kappa shape index (κ2) is 8.94. The highest BCUT2D eigenvalue weighted by Crippen LogP contribution is 2.24. The first-order chi connectivity index (χ1) is 13.3. The zero-order valence-corrected chi connectivity index (χ0v) is 17.4. The van der Waals surface area contributed by atoms with Gasteiger partial charge in [0.1, 0.15) is 0 Å². The summed E-state index contributed by atoms with van der Waals surface area (Å²) in [5.74, 6) is -0.187. The Kier molecular flexibility index (Phi) is 6.59. The van der Waals surface area contributed by atoms with Crippen LogP contribution in [-0.4, -0.2) is 57.6 Å². The van der Waals surface area contributed by atoms with Crippen molar-refractivity contribution in [2.45, 2.75) is 25.4 Å². The fourth-order valence-corrected chi connectivity index (χ4v) is 3.90. The molecule has 0 spiro atoms. The number of benzene rings is 1. The molecule has 1 N–H and O–H groups in total. The number of anilines is 1. The first kappa shape index (κ1) is 20.6. The van der Waals surface area contributed by atoms with E-state index >= 15 is 0 Å². The first-order valence-electron chi connectivity index (χ1n) is 9.04. The van der Waals surface area contributed by atoms with Crippen LogP contribution in [0.4, 0.5) is 5.69 Å². The van der Waals surface area contributed by atoms with Crippen molar-refractivity contribution >= 4 is 40.7 Å². The number of nitrogens with zero attached hydrogens (tertiary/aromatic N) is 4. The van der Waals surface area contributed by atoms with Crippen LogP contribution in [0.5, 0.6) is 0 Å². The van der Waals surface area contributed by atoms with Gasteiger partial charge in [-0.05, 0) is 37.6 Å². The summed E-state index contributed by atoms with van der Waals surface area (Å²) < 4.78 is 1.70. The van der Waals surface area contributed by atoms with Gasteiger partial charge in [0.05, 0.1) is 18.8 Å². The number of nitrogens with one attached hydrogen (secondary N) is 1. The van der Waals surface area contributed by atoms with Crippen LogP contribution in [0.15, 0.2) is 30.6 Å². The minimum atomic E-state index is -0.353. The number of amides is 2. The molecule has 28 heavy (non-hydrogen) atoms. The normalized spacial score (nSPS) is 16.9. The number of halogens is 2. The van der Waals surface area contributed by atoms with E-state index in [2.05, 4.69) is 10.4 Å². The monoisotopic (exact) mass is 423 g/mol. The quantitative estimate of drug-likeness (QED) is 0.775. The van der Waals surface area contributed by atoms with Crippen molar-refractivity contribution in [3.8, 4) is 0 Å². The van der Waals surface area contributed by atoms with Crippen LogP contribution in [0.3, 0.4) is 0 Å². The van der Waals surface area contributed by atoms with Gasteiger partial charge in [-0.1, -0.05) is 23.2 Å². The lowest BCUT2D eigenvalue weighted by Crippen LogP contribution is -2.45. The van der Waals surface area contributed by atoms with Crippen molar-refractivity contribution in [3.05, 3.63) is 46.2 Å². The molecule has 1 aliphatic heterocycles. The zero-order valence-electron chi connectivity index (χ0n) is 15.9. The second-order valence-corrected chi connectivity index (χ2v) is 7.92. The summed E-state index contributed by atoms with van der Waals surface area (Å²) in [5.41, 5.74) is 1.52. The highest BCUT2D eigenvalue weighted by Gasteiger charge is 2.32. The summed E-state index contributed by atoms with van der Waals surface area (Å²) >= 11 is 12.0. The maximum Gasteiger partial charge on any atom is 0.241 e. The van der Waals surface area contributed by atoms with E-state index in [1.54, 1.807) is 41.0 Å². The topological polar surface area (TPSA) is 70.5 Å². The molecule has 2 aromatic rings. The summed E-state index contributed by atoms with van der Waals surface area (Å²) in [7, 11) is 3.60. The molecule has 1 fully saturated rings. The maximum absolute atomic E-state index is 12.7. The number of aromatic nitrogens is 2. The zero-order chi connectivity index (χ0) is 20.3. The second-order valence-electron chi connectivity index (χ2n) is 7.05. The Hall–Kier alpha value is -2.09. The van der Waals surface area contributed by atoms with Crippen molar-refractivity contribution < 1.29 is 9.59 Å². The Morgan fingerprint density at radius 3 is 2.64 bits per heavy atom. The fourth-order valence-electron chi connectivity index (χ4n) is 3.37. The van der Waals surface area contributed by atoms with E-state index in [-0.39, 0.29) is 24.4 Å². The van der Waals surface area contributed by atoms with E-state index in [9.17, 15) is 9.59 Å². The number of likely N-dealkylation sites (N-methyl/N-ethyl adjacent to an activating group) is 1. The van der Waals surface area contributed by atoms with E-state index in [1.807, 2.05) is 18.1 Å². The van der Waals surface area contributed by atoms with Crippen LogP contribution in [0.2, 0.25) is 10.0 Å². The van der Waals surface area contributed by atoms with E-state index in [0.717, 1.165) is 12.0 Å². The number of carbonyl (C=O) groups is 2. The molecule has 9 heteroatoms. The summed E-state index contributed by atoms with van der Waals surface area (Å²) in [6.07, 6.45) is 5.20. The molecule has 1 aromatic heterocycles. The molecule has 3 rings (SSSR count). The summed E-state index contributed by atoms with van der Waals surface area (Å²) in [5, 5.41) is 7.88. The molecule has 1 aromatic carbocycles. The molecule has 1 aliphatic rings. The average molecular weight is 424 g/mol. The molecule has 0 aliphatic carbocycles. The third-order valence-corrected chi connectivity index (χ3v) is 5.18. The molecule has 0 saturated carbocycles. The standard InChI is InChI=1S/C19H23Cl2N5O2/c1-24(10-13-9-22-25(2)11-13)18(27)12-26-5-3-4-17(26)19(28)23-16-7-14(20)6-15(21)8-16/h6-9,11,17H,3-5,10,12H2,1-2H3,(H,23,28). The van der Waals surface area contributed by atoms with E-state index < -0.39 is 0 Å². The molecular weight excluding hydrogens is 401 g/mol. The Bertz CT molecular complexity index is 850. The minimum Gasteiger partial charge on any atom is -0.340 e. The van der Waals surface area contributed by atoms with Crippen LogP contribution < -0.4 is 5.32 Å². The van der Waals surface area contributed by atoms with Crippen LogP contribution in [0.1, 0.15) is 18.4 Å². The smallest absolute Gasteiger partial charge is 0.241 e. The van der Waals surface area contributed by atoms with Gasteiger partial charge in [0, 0.05) is 48.1 Å². The number of hydrogen-bond acceptors (Lipinski definition) is 4. The van der Waals surface area contributed by atoms with Gasteiger partial charge in [-0.2, -0.15) is 5.10 Å². The lowest BCUT2D eigenvalue weighted by Gasteiger charge is -2.25. The average Bonchev–Trinajstić information content (AvgIpc) is 3.22. The SMILES string of the molecule is CN(Cc1cnn(C)c1)C(=O)CN1CCCC1C(=O)Nc1cc(Cl)cc(Cl)c1. The number of rotatable bonds is 6. The third-order valence-electron chi connectivity index (χ3n) is 4.74. The molecular formula is C19H23Cl2N5O2. The number of likely N-dealkylation sites (tertiary alicyclic amines) is 1. The van der Waals surface area contributed by atoms with Gasteiger partial charge in [-0.25, -0.2) is 0 Å². The number of aryl methyl sites for hydroxylation is 1. The molecule has 1 unspecified atom stereocenters. The van der Waals surface area contributed by atoms with Crippen LogP contribution in [-0.2, 0) is 23.2 Å². The van der Waals surface area contributed by atoms with Gasteiger partial charge in [0.2, 0.25) is 11.8 Å². The largest absolute Gasteiger partial charge is 0.340 e. The molecule has 1 saturated heterocycles. The lowest BCUT2D eigenvalue weighted by atomic mass is 10.2. The summed E-state index contributed by atoms with van der Waals surface area (Å²) in [6.45, 7) is 1.39. The fraction of sp³-hybridized carbons (Fsp3) is 0.421. The first-order valence-corrected chi connectivity index (χ1v) is 9.80. The molecule has 150 valence electrons. The Labute approximate surface area is 174 Å². The highest BCUT2D eigenvalue weighted by molar-refractivity contribution is 6.35. The van der Waals surface area contributed by atoms with Crippen LogP contribution in [0, 0.1) is 0 Å². The van der Waals surface area contributed by atoms with Gasteiger partial charge in [0.25, 0.3) is 0 Å². The molecule has 2 heterocycles. The van der Waals surface area contributed by atoms with Crippen molar-refractivity contribution in [2.24, 2.45) is 7.05 Å². The molecule has 0 radical (unpaired) electrons. The van der Waals surface area contributed by atoms with Crippen LogP contribution >= 0.6 is 23.2 Å². The molecule has 2 amide bonds. The van der Waals surface area contributed by atoms with E-state index in [0.29, 0.717) is 35.2 Å². The predicted octanol–water partition coefficient (Wildman–Crippen LogP) is 2.79. The lowest BCUT2D eigenvalue weighted by molar-refractivity contribution is -0.132. The van der Waals surface area contributed by atoms with Gasteiger partial charge in [-0.3, -0.25) is 19.2 Å². The van der Waals surface area contributed by atoms with E-state index in [4.69, 9.17) is 23.2 Å². The van der Waals surface area contributed by atoms with Crippen molar-refractivity contribution in [2.75, 3.05) is 25.5 Å². The predicted molar refractivity (Wildman–Crippen MR) is 109 cm³/mol. The number of hydrogen-bond donors (Lipinski definition) is 1. The van der Waals surface area contributed by atoms with Crippen molar-refractivity contribution in [3.63, 3.8) is 0 Å². The van der Waals surface area contributed by atoms with Gasteiger partial charge in [-0.15, -0.1) is 0 Å². The Morgan fingerprint density at radius 2 is 2.00 bits per heavy atom. The van der Waals surface area contributed by atoms with Crippen molar-refractivity contribution in [1.29, 1.82) is 0 Å². The summed E-state index contributed by atoms with van der Waals surface area (Å²) in [4.78, 5) is 28.9. The van der Waals surface area contributed by atoms with Gasteiger partial charge in [0.15, 0.2) is 0 Å². The Balaban J connectivity index is 1.58. The van der Waals surface area contributed by atoms with Crippen molar-refractivity contribution in [1.82, 2.24) is 19.6 Å².